The van der Waals surface area contributed by atoms with Crippen LogP contribution in [0.15, 0.2) is 16.6 Å². The Hall–Kier alpha value is -0.580. The van der Waals surface area contributed by atoms with E-state index in [9.17, 15) is 0 Å². The van der Waals surface area contributed by atoms with E-state index in [0.717, 1.165) is 55.9 Å². The van der Waals surface area contributed by atoms with E-state index in [4.69, 9.17) is 9.47 Å². The van der Waals surface area contributed by atoms with E-state index < -0.39 is 0 Å². The van der Waals surface area contributed by atoms with Crippen LogP contribution in [0.1, 0.15) is 24.0 Å². The summed E-state index contributed by atoms with van der Waals surface area (Å²) >= 11 is 3.58. The Labute approximate surface area is 116 Å². The lowest BCUT2D eigenvalue weighted by atomic mass is 10.1. The molecule has 1 fully saturated rings. The molecule has 3 nitrogen and oxygen atoms in total. The smallest absolute Gasteiger partial charge is 0.127 e. The van der Waals surface area contributed by atoms with Crippen LogP contribution in [0, 0.1) is 0 Å². The molecular formula is C14H18BrNO2. The van der Waals surface area contributed by atoms with Crippen molar-refractivity contribution in [3.63, 3.8) is 0 Å². The highest BCUT2D eigenvalue weighted by atomic mass is 79.9. The van der Waals surface area contributed by atoms with Gasteiger partial charge < -0.3 is 14.8 Å². The molecule has 0 spiro atoms. The predicted octanol–water partition coefficient (Wildman–Crippen LogP) is 2.65. The third-order valence-corrected chi connectivity index (χ3v) is 4.09. The number of hydrogen-bond donors (Lipinski definition) is 1. The van der Waals surface area contributed by atoms with Crippen LogP contribution in [-0.2, 0) is 17.7 Å². The summed E-state index contributed by atoms with van der Waals surface area (Å²) in [5, 5.41) is 3.61. The summed E-state index contributed by atoms with van der Waals surface area (Å²) in [6.45, 7) is 3.46. The summed E-state index contributed by atoms with van der Waals surface area (Å²) in [6, 6.07) is 4.91. The highest BCUT2D eigenvalue weighted by Crippen LogP contribution is 2.33. The molecule has 0 aliphatic carbocycles. The van der Waals surface area contributed by atoms with Crippen LogP contribution in [0.25, 0.3) is 0 Å². The van der Waals surface area contributed by atoms with Crippen molar-refractivity contribution in [2.75, 3.05) is 19.8 Å². The molecular weight excluding hydrogens is 294 g/mol. The first-order valence-electron chi connectivity index (χ1n) is 6.58. The van der Waals surface area contributed by atoms with Gasteiger partial charge in [-0.3, -0.25) is 0 Å². The van der Waals surface area contributed by atoms with E-state index in [1.165, 1.54) is 11.1 Å². The van der Waals surface area contributed by atoms with Crippen LogP contribution in [-0.4, -0.2) is 25.9 Å². The molecule has 1 aromatic carbocycles. The SMILES string of the molecule is Brc1cc2c(c(CNC3CCOCC3)c1)OCC2. The molecule has 1 saturated heterocycles. The quantitative estimate of drug-likeness (QED) is 0.931. The van der Waals surface area contributed by atoms with Gasteiger partial charge in [0.15, 0.2) is 0 Å². The van der Waals surface area contributed by atoms with Gasteiger partial charge in [0.05, 0.1) is 6.61 Å². The minimum absolute atomic E-state index is 0.579. The van der Waals surface area contributed by atoms with Gasteiger partial charge in [-0.05, 0) is 30.5 Å². The third kappa shape index (κ3) is 2.71. The average Bonchev–Trinajstić information content (AvgIpc) is 2.85. The second-order valence-electron chi connectivity index (χ2n) is 4.92. The number of halogens is 1. The van der Waals surface area contributed by atoms with Gasteiger partial charge in [0.2, 0.25) is 0 Å². The Kier molecular flexibility index (Phi) is 3.87. The van der Waals surface area contributed by atoms with Gasteiger partial charge in [-0.1, -0.05) is 15.9 Å². The first-order valence-corrected chi connectivity index (χ1v) is 7.37. The molecule has 0 unspecified atom stereocenters. The lowest BCUT2D eigenvalue weighted by Crippen LogP contribution is -2.34. The molecule has 0 bridgehead atoms. The molecule has 2 aliphatic rings. The molecule has 98 valence electrons. The standard InChI is InChI=1S/C14H18BrNO2/c15-12-7-10-1-6-18-14(10)11(8-12)9-16-13-2-4-17-5-3-13/h7-8,13,16H,1-6,9H2. The number of fused-ring (bicyclic) bond motifs is 1. The van der Waals surface area contributed by atoms with Crippen molar-refractivity contribution in [2.45, 2.75) is 31.8 Å². The van der Waals surface area contributed by atoms with Crippen molar-refractivity contribution < 1.29 is 9.47 Å². The van der Waals surface area contributed by atoms with Gasteiger partial charge >= 0.3 is 0 Å². The molecule has 0 saturated carbocycles. The molecule has 0 aromatic heterocycles. The topological polar surface area (TPSA) is 30.5 Å². The van der Waals surface area contributed by atoms with Gasteiger partial charge in [-0.2, -0.15) is 0 Å². The van der Waals surface area contributed by atoms with E-state index in [2.05, 4.69) is 33.4 Å². The molecule has 2 heterocycles. The summed E-state index contributed by atoms with van der Waals surface area (Å²) in [4.78, 5) is 0. The molecule has 2 aliphatic heterocycles. The Morgan fingerprint density at radius 3 is 2.89 bits per heavy atom. The number of hydrogen-bond acceptors (Lipinski definition) is 3. The highest BCUT2D eigenvalue weighted by molar-refractivity contribution is 9.10. The number of rotatable bonds is 3. The van der Waals surface area contributed by atoms with Gasteiger partial charge in [0.1, 0.15) is 5.75 Å². The van der Waals surface area contributed by atoms with Crippen LogP contribution < -0.4 is 10.1 Å². The van der Waals surface area contributed by atoms with E-state index in [1.54, 1.807) is 0 Å². The van der Waals surface area contributed by atoms with Crippen molar-refractivity contribution in [1.82, 2.24) is 5.32 Å². The second-order valence-corrected chi connectivity index (χ2v) is 5.83. The average molecular weight is 312 g/mol. The minimum atomic E-state index is 0.579. The maximum Gasteiger partial charge on any atom is 0.127 e. The normalized spacial score (nSPS) is 19.6. The van der Waals surface area contributed by atoms with Gasteiger partial charge in [-0.25, -0.2) is 0 Å². The predicted molar refractivity (Wildman–Crippen MR) is 74.0 cm³/mol. The fourth-order valence-electron chi connectivity index (χ4n) is 2.63. The first kappa shape index (κ1) is 12.5. The van der Waals surface area contributed by atoms with Gasteiger partial charge in [-0.15, -0.1) is 0 Å². The molecule has 0 amide bonds. The van der Waals surface area contributed by atoms with Crippen LogP contribution in [0.3, 0.4) is 0 Å². The van der Waals surface area contributed by atoms with Crippen LogP contribution in [0.5, 0.6) is 5.75 Å². The molecule has 0 atom stereocenters. The summed E-state index contributed by atoms with van der Waals surface area (Å²) in [5.41, 5.74) is 2.59. The Balaban J connectivity index is 1.68. The zero-order chi connectivity index (χ0) is 12.4. The monoisotopic (exact) mass is 311 g/mol. The third-order valence-electron chi connectivity index (χ3n) is 3.63. The van der Waals surface area contributed by atoms with Gasteiger partial charge in [0.25, 0.3) is 0 Å². The van der Waals surface area contributed by atoms with E-state index in [-0.39, 0.29) is 0 Å². The zero-order valence-electron chi connectivity index (χ0n) is 10.4. The van der Waals surface area contributed by atoms with Crippen LogP contribution in [0.4, 0.5) is 0 Å². The van der Waals surface area contributed by atoms with Crippen LogP contribution >= 0.6 is 15.9 Å². The summed E-state index contributed by atoms with van der Waals surface area (Å²) in [7, 11) is 0. The van der Waals surface area contributed by atoms with Gasteiger partial charge in [0, 0.05) is 42.3 Å². The first-order chi connectivity index (χ1) is 8.83. The van der Waals surface area contributed by atoms with Crippen molar-refractivity contribution in [3.8, 4) is 5.75 Å². The lowest BCUT2D eigenvalue weighted by molar-refractivity contribution is 0.0775. The van der Waals surface area contributed by atoms with Crippen molar-refractivity contribution in [1.29, 1.82) is 0 Å². The summed E-state index contributed by atoms with van der Waals surface area (Å²) < 4.78 is 12.3. The van der Waals surface area contributed by atoms with Crippen molar-refractivity contribution in [2.24, 2.45) is 0 Å². The summed E-state index contributed by atoms with van der Waals surface area (Å²) in [6.07, 6.45) is 3.24. The highest BCUT2D eigenvalue weighted by Gasteiger charge is 2.19. The van der Waals surface area contributed by atoms with Crippen molar-refractivity contribution >= 4 is 15.9 Å². The summed E-state index contributed by atoms with van der Waals surface area (Å²) in [5.74, 6) is 1.10. The largest absolute Gasteiger partial charge is 0.493 e. The molecule has 1 N–H and O–H groups in total. The minimum Gasteiger partial charge on any atom is -0.493 e. The fraction of sp³-hybridized carbons (Fsp3) is 0.571. The zero-order valence-corrected chi connectivity index (χ0v) is 12.0. The maximum atomic E-state index is 5.74. The Morgan fingerprint density at radius 1 is 1.22 bits per heavy atom. The van der Waals surface area contributed by atoms with Crippen molar-refractivity contribution in [3.05, 3.63) is 27.7 Å². The Bertz CT molecular complexity index is 430. The molecule has 4 heteroatoms. The molecule has 0 radical (unpaired) electrons. The molecule has 3 rings (SSSR count). The number of ether oxygens (including phenoxy) is 2. The second kappa shape index (κ2) is 5.59. The lowest BCUT2D eigenvalue weighted by Gasteiger charge is -2.23. The fourth-order valence-corrected chi connectivity index (χ4v) is 3.19. The maximum absolute atomic E-state index is 5.74. The number of benzene rings is 1. The molecule has 18 heavy (non-hydrogen) atoms. The van der Waals surface area contributed by atoms with E-state index >= 15 is 0 Å². The molecule has 1 aromatic rings. The van der Waals surface area contributed by atoms with E-state index in [1.807, 2.05) is 0 Å². The van der Waals surface area contributed by atoms with E-state index in [0.29, 0.717) is 6.04 Å². The Morgan fingerprint density at radius 2 is 2.06 bits per heavy atom. The van der Waals surface area contributed by atoms with Crippen LogP contribution in [0.2, 0.25) is 0 Å². The number of nitrogens with one attached hydrogen (secondary N) is 1.